The van der Waals surface area contributed by atoms with Crippen molar-refractivity contribution in [2.75, 3.05) is 17.3 Å². The summed E-state index contributed by atoms with van der Waals surface area (Å²) in [5, 5.41) is 12.4. The van der Waals surface area contributed by atoms with E-state index in [9.17, 15) is 14.7 Å². The molecule has 0 radical (unpaired) electrons. The first kappa shape index (κ1) is 16.1. The molecule has 5 nitrogen and oxygen atoms in total. The van der Waals surface area contributed by atoms with Gasteiger partial charge in [-0.25, -0.2) is 0 Å². The molecular formula is C15H12Cl2N2O3. The Labute approximate surface area is 137 Å². The van der Waals surface area contributed by atoms with Crippen molar-refractivity contribution in [1.29, 1.82) is 0 Å². The number of carbonyl (C=O) groups excluding carboxylic acids is 2. The maximum absolute atomic E-state index is 12.1. The molecule has 22 heavy (non-hydrogen) atoms. The lowest BCUT2D eigenvalue weighted by Crippen LogP contribution is -2.37. The Morgan fingerprint density at radius 2 is 1.59 bits per heavy atom. The highest BCUT2D eigenvalue weighted by molar-refractivity contribution is 6.44. The Morgan fingerprint density at radius 1 is 1.05 bits per heavy atom. The van der Waals surface area contributed by atoms with Crippen molar-refractivity contribution in [3.05, 3.63) is 52.5 Å². The Kier molecular flexibility index (Phi) is 4.90. The quantitative estimate of drug-likeness (QED) is 0.825. The molecule has 0 unspecified atom stereocenters. The molecule has 0 aliphatic carbocycles. The fraction of sp³-hybridized carbons (Fsp3) is 0.0667. The summed E-state index contributed by atoms with van der Waals surface area (Å²) in [6.45, 7) is 0. The van der Waals surface area contributed by atoms with Crippen LogP contribution in [-0.4, -0.2) is 24.0 Å². The third-order valence-electron chi connectivity index (χ3n) is 2.86. The summed E-state index contributed by atoms with van der Waals surface area (Å²) in [6.07, 6.45) is 0. The van der Waals surface area contributed by atoms with Gasteiger partial charge in [0, 0.05) is 28.5 Å². The molecular weight excluding hydrogens is 327 g/mol. The summed E-state index contributed by atoms with van der Waals surface area (Å²) in [4.78, 5) is 25.2. The van der Waals surface area contributed by atoms with E-state index in [1.54, 1.807) is 0 Å². The van der Waals surface area contributed by atoms with E-state index in [4.69, 9.17) is 23.2 Å². The van der Waals surface area contributed by atoms with E-state index < -0.39 is 11.8 Å². The number of hydrogen-bond donors (Lipinski definition) is 2. The molecule has 114 valence electrons. The number of aromatic hydroxyl groups is 1. The average Bonchev–Trinajstić information content (AvgIpc) is 2.45. The van der Waals surface area contributed by atoms with Crippen molar-refractivity contribution < 1.29 is 14.7 Å². The highest BCUT2D eigenvalue weighted by Crippen LogP contribution is 2.23. The summed E-state index contributed by atoms with van der Waals surface area (Å²) < 4.78 is 0. The van der Waals surface area contributed by atoms with Crippen molar-refractivity contribution in [2.45, 2.75) is 0 Å². The van der Waals surface area contributed by atoms with E-state index in [1.165, 1.54) is 54.4 Å². The summed E-state index contributed by atoms with van der Waals surface area (Å²) in [6, 6.07) is 10.4. The number of nitrogens with one attached hydrogen (secondary N) is 1. The zero-order valence-corrected chi connectivity index (χ0v) is 13.0. The molecule has 0 aliphatic rings. The summed E-state index contributed by atoms with van der Waals surface area (Å²) in [5.41, 5.74) is 0.803. The predicted octanol–water partition coefficient (Wildman–Crippen LogP) is 3.30. The summed E-state index contributed by atoms with van der Waals surface area (Å²) >= 11 is 11.7. The van der Waals surface area contributed by atoms with Crippen molar-refractivity contribution in [3.8, 4) is 5.75 Å². The number of hydrogen-bond acceptors (Lipinski definition) is 3. The number of carbonyl (C=O) groups is 2. The van der Waals surface area contributed by atoms with E-state index in [-0.39, 0.29) is 5.75 Å². The van der Waals surface area contributed by atoms with Gasteiger partial charge in [-0.3, -0.25) is 9.59 Å². The Morgan fingerprint density at radius 3 is 2.14 bits per heavy atom. The second kappa shape index (κ2) is 6.68. The van der Waals surface area contributed by atoms with Gasteiger partial charge in [0.25, 0.3) is 0 Å². The second-order valence-electron chi connectivity index (χ2n) is 4.49. The van der Waals surface area contributed by atoms with Crippen LogP contribution < -0.4 is 10.2 Å². The van der Waals surface area contributed by atoms with Gasteiger partial charge in [-0.05, 0) is 42.5 Å². The molecule has 0 atom stereocenters. The van der Waals surface area contributed by atoms with Gasteiger partial charge in [0.2, 0.25) is 0 Å². The first-order valence-electron chi connectivity index (χ1n) is 6.21. The second-order valence-corrected chi connectivity index (χ2v) is 5.37. The largest absolute Gasteiger partial charge is 0.508 e. The maximum atomic E-state index is 12.1. The number of likely N-dealkylation sites (N-methyl/N-ethyl adjacent to an activating group) is 1. The van der Waals surface area contributed by atoms with Gasteiger partial charge in [-0.2, -0.15) is 0 Å². The monoisotopic (exact) mass is 338 g/mol. The number of phenols is 1. The highest BCUT2D eigenvalue weighted by atomic mass is 35.5. The number of halogens is 2. The van der Waals surface area contributed by atoms with Crippen molar-refractivity contribution in [3.63, 3.8) is 0 Å². The van der Waals surface area contributed by atoms with E-state index in [0.29, 0.717) is 21.4 Å². The van der Waals surface area contributed by atoms with Gasteiger partial charge < -0.3 is 15.3 Å². The number of amides is 2. The topological polar surface area (TPSA) is 69.6 Å². The van der Waals surface area contributed by atoms with Crippen molar-refractivity contribution >= 4 is 46.4 Å². The SMILES string of the molecule is CN(C(=O)C(=O)Nc1cc(Cl)cc(Cl)c1)c1ccc(O)cc1. The molecule has 2 N–H and O–H groups in total. The number of benzene rings is 2. The molecule has 0 fully saturated rings. The first-order chi connectivity index (χ1) is 10.4. The number of phenolic OH excluding ortho intramolecular Hbond substituents is 1. The Hall–Kier alpha value is -2.24. The van der Waals surface area contributed by atoms with E-state index in [1.807, 2.05) is 0 Å². The van der Waals surface area contributed by atoms with Crippen molar-refractivity contribution in [2.24, 2.45) is 0 Å². The molecule has 2 aromatic rings. The van der Waals surface area contributed by atoms with Gasteiger partial charge in [0.15, 0.2) is 0 Å². The van der Waals surface area contributed by atoms with Gasteiger partial charge in [0.1, 0.15) is 5.75 Å². The van der Waals surface area contributed by atoms with Crippen LogP contribution in [0.2, 0.25) is 10.0 Å². The minimum atomic E-state index is -0.825. The smallest absolute Gasteiger partial charge is 0.316 e. The van der Waals surface area contributed by atoms with E-state index >= 15 is 0 Å². The van der Waals surface area contributed by atoms with Crippen LogP contribution in [0.3, 0.4) is 0 Å². The standard InChI is InChI=1S/C15H12Cl2N2O3/c1-19(12-2-4-13(20)5-3-12)15(22)14(21)18-11-7-9(16)6-10(17)8-11/h2-8,20H,1H3,(H,18,21). The lowest BCUT2D eigenvalue weighted by molar-refractivity contribution is -0.134. The lowest BCUT2D eigenvalue weighted by Gasteiger charge is -2.17. The number of anilines is 2. The van der Waals surface area contributed by atoms with Gasteiger partial charge >= 0.3 is 11.8 Å². The predicted molar refractivity (Wildman–Crippen MR) is 86.6 cm³/mol. The Bertz CT molecular complexity index is 697. The lowest BCUT2D eigenvalue weighted by atomic mass is 10.2. The van der Waals surface area contributed by atoms with E-state index in [0.717, 1.165) is 0 Å². The van der Waals surface area contributed by atoms with Crippen LogP contribution >= 0.6 is 23.2 Å². The van der Waals surface area contributed by atoms with Crippen LogP contribution in [0.5, 0.6) is 5.75 Å². The summed E-state index contributed by atoms with van der Waals surface area (Å²) in [7, 11) is 1.46. The van der Waals surface area contributed by atoms with Crippen molar-refractivity contribution in [1.82, 2.24) is 0 Å². The third kappa shape index (κ3) is 3.90. The Balaban J connectivity index is 2.11. The molecule has 2 rings (SSSR count). The molecule has 0 aromatic heterocycles. The third-order valence-corrected chi connectivity index (χ3v) is 3.29. The van der Waals surface area contributed by atoms with E-state index in [2.05, 4.69) is 5.32 Å². The summed E-state index contributed by atoms with van der Waals surface area (Å²) in [5.74, 6) is -1.52. The molecule has 2 aromatic carbocycles. The normalized spacial score (nSPS) is 10.1. The van der Waals surface area contributed by atoms with Gasteiger partial charge in [-0.15, -0.1) is 0 Å². The first-order valence-corrected chi connectivity index (χ1v) is 6.96. The highest BCUT2D eigenvalue weighted by Gasteiger charge is 2.20. The minimum absolute atomic E-state index is 0.0719. The van der Waals surface area contributed by atoms with Crippen LogP contribution in [-0.2, 0) is 9.59 Å². The number of rotatable bonds is 2. The maximum Gasteiger partial charge on any atom is 0.316 e. The molecule has 2 amide bonds. The molecule has 7 heteroatoms. The molecule has 0 spiro atoms. The van der Waals surface area contributed by atoms with Gasteiger partial charge in [0.05, 0.1) is 0 Å². The molecule has 0 heterocycles. The molecule has 0 saturated heterocycles. The van der Waals surface area contributed by atoms with Crippen LogP contribution in [0, 0.1) is 0 Å². The fourth-order valence-electron chi connectivity index (χ4n) is 1.76. The molecule has 0 bridgehead atoms. The van der Waals surface area contributed by atoms with Crippen LogP contribution in [0.25, 0.3) is 0 Å². The van der Waals surface area contributed by atoms with Crippen LogP contribution in [0.1, 0.15) is 0 Å². The average molecular weight is 339 g/mol. The number of nitrogens with zero attached hydrogens (tertiary/aromatic N) is 1. The fourth-order valence-corrected chi connectivity index (χ4v) is 2.28. The van der Waals surface area contributed by atoms with Crippen LogP contribution in [0.15, 0.2) is 42.5 Å². The zero-order valence-electron chi connectivity index (χ0n) is 11.5. The van der Waals surface area contributed by atoms with Gasteiger partial charge in [-0.1, -0.05) is 23.2 Å². The van der Waals surface area contributed by atoms with Crippen LogP contribution in [0.4, 0.5) is 11.4 Å². The zero-order chi connectivity index (χ0) is 16.3. The molecule has 0 aliphatic heterocycles. The molecule has 0 saturated carbocycles. The minimum Gasteiger partial charge on any atom is -0.508 e.